The molecule has 35 heavy (non-hydrogen) atoms. The summed E-state index contributed by atoms with van der Waals surface area (Å²) in [6.07, 6.45) is 0. The Morgan fingerprint density at radius 1 is 1.06 bits per heavy atom. The van der Waals surface area contributed by atoms with E-state index >= 15 is 0 Å². The molecule has 9 nitrogen and oxygen atoms in total. The first-order valence-corrected chi connectivity index (χ1v) is 12.6. The van der Waals surface area contributed by atoms with Gasteiger partial charge in [0, 0.05) is 11.1 Å². The molecule has 0 aliphatic heterocycles. The average Bonchev–Trinajstić information content (AvgIpc) is 3.30. The third-order valence-electron chi connectivity index (χ3n) is 4.78. The van der Waals surface area contributed by atoms with Crippen molar-refractivity contribution in [3.63, 3.8) is 0 Å². The van der Waals surface area contributed by atoms with Gasteiger partial charge in [0.25, 0.3) is 10.0 Å². The number of ether oxygens (including phenoxy) is 2. The van der Waals surface area contributed by atoms with Gasteiger partial charge in [-0.25, -0.2) is 18.2 Å². The zero-order chi connectivity index (χ0) is 24.8. The number of carbonyl (C=O) groups excluding carboxylic acids is 1. The molecule has 4 rings (SSSR count). The number of aromatic nitrogens is 1. The minimum atomic E-state index is -4.08. The maximum absolute atomic E-state index is 12.9. The van der Waals surface area contributed by atoms with E-state index in [1.807, 2.05) is 30.3 Å². The first-order valence-electron chi connectivity index (χ1n) is 10.3. The van der Waals surface area contributed by atoms with Gasteiger partial charge < -0.3 is 19.9 Å². The summed E-state index contributed by atoms with van der Waals surface area (Å²) in [5, 5.41) is 15.7. The number of phenolic OH excluding ortho intramolecular Hbond substituents is 1. The summed E-state index contributed by atoms with van der Waals surface area (Å²) in [5.74, 6) is -0.961. The first-order chi connectivity index (χ1) is 16.9. The summed E-state index contributed by atoms with van der Waals surface area (Å²) >= 11 is 1.34. The lowest BCUT2D eigenvalue weighted by atomic mass is 10.2. The fourth-order valence-electron chi connectivity index (χ4n) is 3.07. The van der Waals surface area contributed by atoms with E-state index in [0.717, 1.165) is 17.8 Å². The molecule has 0 fully saturated rings. The Hall–Kier alpha value is -4.09. The largest absolute Gasteiger partial charge is 0.507 e. The number of nitrogens with zero attached hydrogens (tertiary/aromatic N) is 1. The lowest BCUT2D eigenvalue weighted by Gasteiger charge is -2.12. The molecular formula is C24H21N3O6S2. The number of thiazole rings is 1. The highest BCUT2D eigenvalue weighted by molar-refractivity contribution is 7.92. The predicted molar refractivity (Wildman–Crippen MR) is 133 cm³/mol. The third kappa shape index (κ3) is 5.89. The van der Waals surface area contributed by atoms with Gasteiger partial charge in [0.15, 0.2) is 5.13 Å². The number of rotatable bonds is 9. The minimum Gasteiger partial charge on any atom is -0.507 e. The van der Waals surface area contributed by atoms with E-state index in [-0.39, 0.29) is 22.8 Å². The van der Waals surface area contributed by atoms with Gasteiger partial charge in [-0.1, -0.05) is 30.3 Å². The highest BCUT2D eigenvalue weighted by atomic mass is 32.2. The first kappa shape index (κ1) is 24.0. The number of carbonyl (C=O) groups is 1. The van der Waals surface area contributed by atoms with Crippen LogP contribution in [0, 0.1) is 0 Å². The number of aromatic hydroxyl groups is 1. The molecule has 0 aliphatic rings. The lowest BCUT2D eigenvalue weighted by molar-refractivity contribution is 0.0465. The number of sulfonamides is 1. The number of nitrogens with one attached hydrogen (secondary N) is 2. The second-order valence-electron chi connectivity index (χ2n) is 7.20. The molecule has 3 aromatic carbocycles. The molecule has 0 bridgehead atoms. The molecule has 1 heterocycles. The number of hydrogen-bond donors (Lipinski definition) is 3. The smallest absolute Gasteiger partial charge is 0.342 e. The van der Waals surface area contributed by atoms with Crippen LogP contribution in [0.3, 0.4) is 0 Å². The van der Waals surface area contributed by atoms with Crippen LogP contribution in [-0.4, -0.2) is 31.6 Å². The van der Waals surface area contributed by atoms with E-state index in [1.165, 1.54) is 24.5 Å². The van der Waals surface area contributed by atoms with E-state index in [1.54, 1.807) is 29.6 Å². The molecule has 0 radical (unpaired) electrons. The molecule has 180 valence electrons. The molecular weight excluding hydrogens is 490 g/mol. The molecule has 0 saturated carbocycles. The molecule has 0 spiro atoms. The normalized spacial score (nSPS) is 11.0. The standard InChI is InChI=1S/C24H21N3O6S2/c1-32-22-10-6-5-9-20(22)27-35(30,31)18-11-12-21(28)19(13-18)23(29)33-14-17-15-34-24(26-17)25-16-7-3-2-4-8-16/h2-13,15,27-28H,14H2,1H3,(H,25,26). The van der Waals surface area contributed by atoms with Crippen LogP contribution in [0.2, 0.25) is 0 Å². The number of para-hydroxylation sites is 3. The molecule has 0 amide bonds. The van der Waals surface area contributed by atoms with Crippen LogP contribution in [0.1, 0.15) is 16.1 Å². The van der Waals surface area contributed by atoms with Gasteiger partial charge in [0.2, 0.25) is 0 Å². The Labute approximate surface area is 206 Å². The maximum atomic E-state index is 12.9. The zero-order valence-corrected chi connectivity index (χ0v) is 20.1. The van der Waals surface area contributed by atoms with Crippen molar-refractivity contribution in [1.82, 2.24) is 4.98 Å². The Balaban J connectivity index is 1.45. The van der Waals surface area contributed by atoms with Crippen LogP contribution in [0.15, 0.2) is 83.1 Å². The minimum absolute atomic E-state index is 0.151. The number of benzene rings is 3. The van der Waals surface area contributed by atoms with E-state index < -0.39 is 21.7 Å². The van der Waals surface area contributed by atoms with Gasteiger partial charge in [0.05, 0.1) is 23.4 Å². The van der Waals surface area contributed by atoms with E-state index in [0.29, 0.717) is 16.6 Å². The molecule has 0 aliphatic carbocycles. The van der Waals surface area contributed by atoms with Crippen LogP contribution < -0.4 is 14.8 Å². The highest BCUT2D eigenvalue weighted by Gasteiger charge is 2.21. The van der Waals surface area contributed by atoms with Gasteiger partial charge in [-0.3, -0.25) is 4.72 Å². The topological polar surface area (TPSA) is 127 Å². The van der Waals surface area contributed by atoms with Crippen molar-refractivity contribution in [3.8, 4) is 11.5 Å². The SMILES string of the molecule is COc1ccccc1NS(=O)(=O)c1ccc(O)c(C(=O)OCc2csc(Nc3ccccc3)n2)c1. The number of methoxy groups -OCH3 is 1. The van der Waals surface area contributed by atoms with Crippen LogP contribution >= 0.6 is 11.3 Å². The zero-order valence-electron chi connectivity index (χ0n) is 18.5. The maximum Gasteiger partial charge on any atom is 0.342 e. The Kier molecular flexibility index (Phi) is 7.18. The summed E-state index contributed by atoms with van der Waals surface area (Å²) in [6, 6.07) is 19.4. The lowest BCUT2D eigenvalue weighted by Crippen LogP contribution is -2.15. The van der Waals surface area contributed by atoms with E-state index in [4.69, 9.17) is 9.47 Å². The van der Waals surface area contributed by atoms with Gasteiger partial charge in [0.1, 0.15) is 23.7 Å². The fourth-order valence-corrected chi connectivity index (χ4v) is 4.88. The van der Waals surface area contributed by atoms with Gasteiger partial charge >= 0.3 is 5.97 Å². The fraction of sp³-hybridized carbons (Fsp3) is 0.0833. The van der Waals surface area contributed by atoms with Crippen molar-refractivity contribution in [2.75, 3.05) is 17.1 Å². The van der Waals surface area contributed by atoms with Crippen LogP contribution in [-0.2, 0) is 21.4 Å². The number of phenols is 1. The molecule has 0 saturated heterocycles. The monoisotopic (exact) mass is 511 g/mol. The van der Waals surface area contributed by atoms with Crippen molar-refractivity contribution in [2.45, 2.75) is 11.5 Å². The second-order valence-corrected chi connectivity index (χ2v) is 9.74. The predicted octanol–water partition coefficient (Wildman–Crippen LogP) is 4.76. The second kappa shape index (κ2) is 10.5. The van der Waals surface area contributed by atoms with Crippen LogP contribution in [0.4, 0.5) is 16.5 Å². The summed E-state index contributed by atoms with van der Waals surface area (Å²) in [4.78, 5) is 16.8. The van der Waals surface area contributed by atoms with Crippen LogP contribution in [0.5, 0.6) is 11.5 Å². The summed E-state index contributed by atoms with van der Waals surface area (Å²) in [6.45, 7) is -0.151. The Morgan fingerprint density at radius 2 is 1.80 bits per heavy atom. The van der Waals surface area contributed by atoms with Gasteiger partial charge in [-0.2, -0.15) is 0 Å². The quantitative estimate of drug-likeness (QED) is 0.275. The molecule has 4 aromatic rings. The van der Waals surface area contributed by atoms with Gasteiger partial charge in [-0.15, -0.1) is 11.3 Å². The Bertz CT molecular complexity index is 1440. The molecule has 3 N–H and O–H groups in total. The molecule has 11 heteroatoms. The van der Waals surface area contributed by atoms with Crippen molar-refractivity contribution in [3.05, 3.63) is 89.4 Å². The van der Waals surface area contributed by atoms with Crippen molar-refractivity contribution < 1.29 is 27.8 Å². The third-order valence-corrected chi connectivity index (χ3v) is 6.95. The summed E-state index contributed by atoms with van der Waals surface area (Å²) < 4.78 is 38.6. The number of esters is 1. The molecule has 0 unspecified atom stereocenters. The van der Waals surface area contributed by atoms with Crippen LogP contribution in [0.25, 0.3) is 0 Å². The number of hydrogen-bond acceptors (Lipinski definition) is 9. The average molecular weight is 512 g/mol. The van der Waals surface area contributed by atoms with E-state index in [2.05, 4.69) is 15.0 Å². The molecule has 1 aromatic heterocycles. The van der Waals surface area contributed by atoms with Gasteiger partial charge in [-0.05, 0) is 42.5 Å². The Morgan fingerprint density at radius 3 is 2.57 bits per heavy atom. The summed E-state index contributed by atoms with van der Waals surface area (Å²) in [7, 11) is -2.66. The van der Waals surface area contributed by atoms with Crippen molar-refractivity contribution >= 4 is 43.8 Å². The highest BCUT2D eigenvalue weighted by Crippen LogP contribution is 2.28. The van der Waals surface area contributed by atoms with Crippen molar-refractivity contribution in [2.24, 2.45) is 0 Å². The summed E-state index contributed by atoms with van der Waals surface area (Å²) in [5.41, 5.74) is 1.32. The molecule has 0 atom stereocenters. The number of anilines is 3. The van der Waals surface area contributed by atoms with Crippen molar-refractivity contribution in [1.29, 1.82) is 0 Å². The van der Waals surface area contributed by atoms with E-state index in [9.17, 15) is 18.3 Å².